The smallest absolute Gasteiger partial charge is 0.231 e. The molecular formula is C15H12FNO3. The molecule has 2 aromatic carbocycles. The van der Waals surface area contributed by atoms with Crippen molar-refractivity contribution in [2.24, 2.45) is 0 Å². The van der Waals surface area contributed by atoms with E-state index in [0.717, 1.165) is 5.56 Å². The van der Waals surface area contributed by atoms with E-state index in [0.29, 0.717) is 17.2 Å². The third-order valence-electron chi connectivity index (χ3n) is 2.93. The van der Waals surface area contributed by atoms with E-state index in [1.807, 2.05) is 6.07 Å². The topological polar surface area (TPSA) is 47.6 Å². The van der Waals surface area contributed by atoms with Crippen LogP contribution in [0.3, 0.4) is 0 Å². The van der Waals surface area contributed by atoms with Gasteiger partial charge in [-0.25, -0.2) is 4.39 Å². The Morgan fingerprint density at radius 2 is 1.85 bits per heavy atom. The predicted molar refractivity (Wildman–Crippen MR) is 71.3 cm³/mol. The molecule has 0 unspecified atom stereocenters. The first-order valence-corrected chi connectivity index (χ1v) is 6.15. The second-order valence-corrected chi connectivity index (χ2v) is 4.42. The average molecular weight is 273 g/mol. The predicted octanol–water partition coefficient (Wildman–Crippen LogP) is 2.74. The lowest BCUT2D eigenvalue weighted by atomic mass is 10.1. The van der Waals surface area contributed by atoms with E-state index in [1.54, 1.807) is 12.1 Å². The summed E-state index contributed by atoms with van der Waals surface area (Å²) in [5, 5.41) is 2.71. The van der Waals surface area contributed by atoms with Gasteiger partial charge in [0.2, 0.25) is 12.7 Å². The molecular weight excluding hydrogens is 261 g/mol. The van der Waals surface area contributed by atoms with E-state index < -0.39 is 0 Å². The van der Waals surface area contributed by atoms with Crippen LogP contribution in [0.5, 0.6) is 11.5 Å². The van der Waals surface area contributed by atoms with Crippen molar-refractivity contribution in [3.8, 4) is 11.5 Å². The second kappa shape index (κ2) is 5.21. The van der Waals surface area contributed by atoms with E-state index in [9.17, 15) is 9.18 Å². The summed E-state index contributed by atoms with van der Waals surface area (Å²) < 4.78 is 23.2. The number of carbonyl (C=O) groups is 1. The molecule has 20 heavy (non-hydrogen) atoms. The highest BCUT2D eigenvalue weighted by Crippen LogP contribution is 2.32. The Morgan fingerprint density at radius 3 is 2.65 bits per heavy atom. The number of anilines is 1. The summed E-state index contributed by atoms with van der Waals surface area (Å²) in [5.41, 5.74) is 1.39. The maximum absolute atomic E-state index is 12.8. The van der Waals surface area contributed by atoms with Gasteiger partial charge < -0.3 is 14.8 Å². The number of hydrogen-bond acceptors (Lipinski definition) is 3. The molecule has 3 rings (SSSR count). The molecule has 0 atom stereocenters. The lowest BCUT2D eigenvalue weighted by Gasteiger charge is -2.06. The van der Waals surface area contributed by atoms with E-state index in [1.165, 1.54) is 24.3 Å². The fourth-order valence-electron chi connectivity index (χ4n) is 1.97. The number of halogens is 1. The molecule has 1 amide bonds. The first-order valence-electron chi connectivity index (χ1n) is 6.15. The van der Waals surface area contributed by atoms with Crippen molar-refractivity contribution in [2.75, 3.05) is 12.1 Å². The molecule has 0 bridgehead atoms. The number of hydrogen-bond donors (Lipinski definition) is 1. The highest BCUT2D eigenvalue weighted by atomic mass is 19.1. The van der Waals surface area contributed by atoms with Crippen LogP contribution in [0.15, 0.2) is 42.5 Å². The average Bonchev–Trinajstić information content (AvgIpc) is 2.89. The molecule has 1 heterocycles. The monoisotopic (exact) mass is 273 g/mol. The van der Waals surface area contributed by atoms with Gasteiger partial charge in [0.1, 0.15) is 5.82 Å². The van der Waals surface area contributed by atoms with Gasteiger partial charge in [-0.3, -0.25) is 4.79 Å². The fraction of sp³-hybridized carbons (Fsp3) is 0.133. The zero-order valence-electron chi connectivity index (χ0n) is 10.6. The number of carbonyl (C=O) groups excluding carboxylic acids is 1. The van der Waals surface area contributed by atoms with Gasteiger partial charge >= 0.3 is 0 Å². The Bertz CT molecular complexity index is 640. The Hall–Kier alpha value is -2.56. The molecule has 1 N–H and O–H groups in total. The van der Waals surface area contributed by atoms with E-state index >= 15 is 0 Å². The molecule has 0 spiro atoms. The Balaban J connectivity index is 1.65. The summed E-state index contributed by atoms with van der Waals surface area (Å²) in [6, 6.07) is 11.0. The van der Waals surface area contributed by atoms with Gasteiger partial charge in [-0.15, -0.1) is 0 Å². The zero-order chi connectivity index (χ0) is 13.9. The summed E-state index contributed by atoms with van der Waals surface area (Å²) >= 11 is 0. The van der Waals surface area contributed by atoms with Crippen molar-refractivity contribution < 1.29 is 18.7 Å². The lowest BCUT2D eigenvalue weighted by Crippen LogP contribution is -2.14. The summed E-state index contributed by atoms with van der Waals surface area (Å²) in [4.78, 5) is 11.9. The number of ether oxygens (including phenoxy) is 2. The minimum atomic E-state index is -0.334. The zero-order valence-corrected chi connectivity index (χ0v) is 10.6. The van der Waals surface area contributed by atoms with Crippen molar-refractivity contribution in [3.05, 3.63) is 53.8 Å². The van der Waals surface area contributed by atoms with Crippen molar-refractivity contribution in [2.45, 2.75) is 6.42 Å². The number of nitrogens with one attached hydrogen (secondary N) is 1. The minimum Gasteiger partial charge on any atom is -0.454 e. The van der Waals surface area contributed by atoms with Crippen molar-refractivity contribution >= 4 is 11.6 Å². The summed E-state index contributed by atoms with van der Waals surface area (Å²) in [6.07, 6.45) is 0.216. The Labute approximate surface area is 115 Å². The van der Waals surface area contributed by atoms with Crippen LogP contribution >= 0.6 is 0 Å². The number of rotatable bonds is 3. The van der Waals surface area contributed by atoms with Crippen molar-refractivity contribution in [3.63, 3.8) is 0 Å². The van der Waals surface area contributed by atoms with Crippen LogP contribution in [0.4, 0.5) is 10.1 Å². The third kappa shape index (κ3) is 2.71. The van der Waals surface area contributed by atoms with Gasteiger partial charge in [0.15, 0.2) is 11.5 Å². The fourth-order valence-corrected chi connectivity index (χ4v) is 1.97. The summed E-state index contributed by atoms with van der Waals surface area (Å²) in [6.45, 7) is 0.209. The maximum Gasteiger partial charge on any atom is 0.231 e. The van der Waals surface area contributed by atoms with Crippen molar-refractivity contribution in [1.82, 2.24) is 0 Å². The Morgan fingerprint density at radius 1 is 1.10 bits per heavy atom. The molecule has 2 aromatic rings. The molecule has 0 fully saturated rings. The van der Waals surface area contributed by atoms with Crippen LogP contribution in [0.2, 0.25) is 0 Å². The maximum atomic E-state index is 12.8. The highest BCUT2D eigenvalue weighted by molar-refractivity contribution is 5.92. The van der Waals surface area contributed by atoms with Crippen LogP contribution < -0.4 is 14.8 Å². The number of fused-ring (bicyclic) bond motifs is 1. The normalized spacial score (nSPS) is 12.2. The van der Waals surface area contributed by atoms with Crippen LogP contribution in [0, 0.1) is 5.82 Å². The van der Waals surface area contributed by atoms with E-state index in [4.69, 9.17) is 9.47 Å². The van der Waals surface area contributed by atoms with Crippen LogP contribution in [0.25, 0.3) is 0 Å². The van der Waals surface area contributed by atoms with Crippen molar-refractivity contribution in [1.29, 1.82) is 0 Å². The van der Waals surface area contributed by atoms with Crippen LogP contribution in [0.1, 0.15) is 5.56 Å². The van der Waals surface area contributed by atoms with Crippen LogP contribution in [-0.2, 0) is 11.2 Å². The Kier molecular flexibility index (Phi) is 3.25. The minimum absolute atomic E-state index is 0.171. The summed E-state index contributed by atoms with van der Waals surface area (Å²) in [5.74, 6) is 0.832. The SMILES string of the molecule is O=C(Cc1ccc2c(c1)OCO2)Nc1ccc(F)cc1. The molecule has 4 nitrogen and oxygen atoms in total. The van der Waals surface area contributed by atoms with Crippen LogP contribution in [-0.4, -0.2) is 12.7 Å². The first-order chi connectivity index (χ1) is 9.70. The molecule has 5 heteroatoms. The summed E-state index contributed by atoms with van der Waals surface area (Å²) in [7, 11) is 0. The molecule has 0 saturated heterocycles. The molecule has 0 aliphatic carbocycles. The largest absolute Gasteiger partial charge is 0.454 e. The number of amides is 1. The standard InChI is InChI=1S/C15H12FNO3/c16-11-2-4-12(5-3-11)17-15(18)8-10-1-6-13-14(7-10)20-9-19-13/h1-7H,8-9H2,(H,17,18). The lowest BCUT2D eigenvalue weighted by molar-refractivity contribution is -0.115. The van der Waals surface area contributed by atoms with E-state index in [-0.39, 0.29) is 24.9 Å². The molecule has 0 aromatic heterocycles. The first kappa shape index (κ1) is 12.5. The number of benzene rings is 2. The van der Waals surface area contributed by atoms with Gasteiger partial charge in [0, 0.05) is 5.69 Å². The van der Waals surface area contributed by atoms with Gasteiger partial charge in [-0.1, -0.05) is 6.07 Å². The molecule has 0 radical (unpaired) electrons. The molecule has 1 aliphatic rings. The molecule has 1 aliphatic heterocycles. The van der Waals surface area contributed by atoms with Gasteiger partial charge in [-0.2, -0.15) is 0 Å². The van der Waals surface area contributed by atoms with Gasteiger partial charge in [0.25, 0.3) is 0 Å². The van der Waals surface area contributed by atoms with Gasteiger partial charge in [0.05, 0.1) is 6.42 Å². The third-order valence-corrected chi connectivity index (χ3v) is 2.93. The second-order valence-electron chi connectivity index (χ2n) is 4.42. The van der Waals surface area contributed by atoms with E-state index in [2.05, 4.69) is 5.32 Å². The molecule has 0 saturated carbocycles. The highest BCUT2D eigenvalue weighted by Gasteiger charge is 2.14. The molecule has 102 valence electrons. The quantitative estimate of drug-likeness (QED) is 0.935. The van der Waals surface area contributed by atoms with Gasteiger partial charge in [-0.05, 0) is 42.0 Å².